The van der Waals surface area contributed by atoms with Crippen molar-refractivity contribution in [2.75, 3.05) is 13.1 Å². The van der Waals surface area contributed by atoms with Crippen molar-refractivity contribution in [2.45, 2.75) is 37.6 Å². The summed E-state index contributed by atoms with van der Waals surface area (Å²) in [5.41, 5.74) is -0.836. The first kappa shape index (κ1) is 11.4. The van der Waals surface area contributed by atoms with Gasteiger partial charge in [-0.3, -0.25) is 14.9 Å². The van der Waals surface area contributed by atoms with Crippen molar-refractivity contribution in [3.8, 4) is 0 Å². The van der Waals surface area contributed by atoms with Crippen molar-refractivity contribution in [1.82, 2.24) is 10.6 Å². The first-order chi connectivity index (χ1) is 7.62. The smallest absolute Gasteiger partial charge is 0.323 e. The third kappa shape index (κ3) is 2.52. The molecule has 0 unspecified atom stereocenters. The van der Waals surface area contributed by atoms with Crippen molar-refractivity contribution in [3.63, 3.8) is 0 Å². The maximum atomic E-state index is 11.4. The van der Waals surface area contributed by atoms with Crippen LogP contribution >= 0.6 is 0 Å². The Morgan fingerprint density at radius 3 is 2.44 bits per heavy atom. The second-order valence-corrected chi connectivity index (χ2v) is 4.84. The fourth-order valence-electron chi connectivity index (χ4n) is 1.89. The van der Waals surface area contributed by atoms with Gasteiger partial charge in [0.2, 0.25) is 5.91 Å². The molecule has 0 radical (unpaired) electrons. The van der Waals surface area contributed by atoms with Crippen molar-refractivity contribution in [3.05, 3.63) is 0 Å². The van der Waals surface area contributed by atoms with Crippen molar-refractivity contribution >= 4 is 11.9 Å². The van der Waals surface area contributed by atoms with E-state index >= 15 is 0 Å². The highest BCUT2D eigenvalue weighted by Gasteiger charge is 2.44. The first-order valence-electron chi connectivity index (χ1n) is 5.87. The van der Waals surface area contributed by atoms with Crippen LogP contribution in [-0.4, -0.2) is 35.6 Å². The second kappa shape index (κ2) is 4.41. The fraction of sp³-hybridized carbons (Fsp3) is 0.818. The monoisotopic (exact) mass is 226 g/mol. The molecule has 2 fully saturated rings. The third-order valence-electron chi connectivity index (χ3n) is 3.49. The van der Waals surface area contributed by atoms with E-state index in [0.717, 1.165) is 13.0 Å². The number of amides is 1. The van der Waals surface area contributed by atoms with Crippen LogP contribution in [-0.2, 0) is 9.59 Å². The number of nitrogens with one attached hydrogen (secondary N) is 2. The minimum atomic E-state index is -0.839. The van der Waals surface area contributed by atoms with E-state index in [1.807, 2.05) is 0 Å². The molecule has 2 aliphatic rings. The van der Waals surface area contributed by atoms with Crippen LogP contribution in [0.2, 0.25) is 0 Å². The molecule has 0 heterocycles. The molecule has 0 saturated heterocycles. The summed E-state index contributed by atoms with van der Waals surface area (Å²) in [5, 5.41) is 14.7. The summed E-state index contributed by atoms with van der Waals surface area (Å²) in [6.07, 6.45) is 4.57. The largest absolute Gasteiger partial charge is 0.480 e. The molecular weight excluding hydrogens is 208 g/mol. The maximum absolute atomic E-state index is 11.4. The van der Waals surface area contributed by atoms with Crippen molar-refractivity contribution in [1.29, 1.82) is 0 Å². The van der Waals surface area contributed by atoms with Crippen LogP contribution in [0.15, 0.2) is 0 Å². The fourth-order valence-corrected chi connectivity index (χ4v) is 1.89. The lowest BCUT2D eigenvalue weighted by Crippen LogP contribution is -2.59. The molecule has 0 aliphatic heterocycles. The highest BCUT2D eigenvalue weighted by atomic mass is 16.4. The molecule has 3 N–H and O–H groups in total. The summed E-state index contributed by atoms with van der Waals surface area (Å²) in [4.78, 5) is 22.4. The van der Waals surface area contributed by atoms with Gasteiger partial charge in [-0.1, -0.05) is 0 Å². The van der Waals surface area contributed by atoms with Gasteiger partial charge in [-0.25, -0.2) is 0 Å². The van der Waals surface area contributed by atoms with Gasteiger partial charge in [-0.15, -0.1) is 0 Å². The molecule has 0 aromatic carbocycles. The van der Waals surface area contributed by atoms with E-state index < -0.39 is 11.5 Å². The number of hydrogen-bond acceptors (Lipinski definition) is 3. The molecule has 2 aliphatic carbocycles. The lowest BCUT2D eigenvalue weighted by molar-refractivity contribution is -0.149. The van der Waals surface area contributed by atoms with Crippen LogP contribution in [0, 0.1) is 5.92 Å². The van der Waals surface area contributed by atoms with E-state index in [0.29, 0.717) is 18.8 Å². The van der Waals surface area contributed by atoms with Gasteiger partial charge in [-0.05, 0) is 38.0 Å². The molecule has 2 saturated carbocycles. The lowest BCUT2D eigenvalue weighted by Gasteiger charge is -2.38. The molecule has 0 bridgehead atoms. The molecule has 90 valence electrons. The van der Waals surface area contributed by atoms with E-state index in [1.165, 1.54) is 12.8 Å². The molecule has 1 amide bonds. The number of aliphatic carboxylic acids is 1. The zero-order valence-corrected chi connectivity index (χ0v) is 9.29. The van der Waals surface area contributed by atoms with E-state index in [4.69, 9.17) is 5.11 Å². The summed E-state index contributed by atoms with van der Waals surface area (Å²) in [7, 11) is 0. The van der Waals surface area contributed by atoms with Crippen molar-refractivity contribution < 1.29 is 14.7 Å². The van der Waals surface area contributed by atoms with E-state index in [-0.39, 0.29) is 12.5 Å². The number of carboxylic acid groups (broad SMARTS) is 1. The normalized spacial score (nSPS) is 22.2. The second-order valence-electron chi connectivity index (χ2n) is 4.84. The molecular formula is C11H18N2O3. The van der Waals surface area contributed by atoms with Crippen LogP contribution in [0.25, 0.3) is 0 Å². The quantitative estimate of drug-likeness (QED) is 0.600. The van der Waals surface area contributed by atoms with Gasteiger partial charge in [0.25, 0.3) is 0 Å². The minimum Gasteiger partial charge on any atom is -0.480 e. The topological polar surface area (TPSA) is 78.4 Å². The summed E-state index contributed by atoms with van der Waals surface area (Å²) < 4.78 is 0. The standard InChI is InChI=1S/C11H18N2O3/c14-9(12-6-8-2-3-8)7-13-11(10(15)16)4-1-5-11/h8,13H,1-7H2,(H,12,14)(H,15,16). The van der Waals surface area contributed by atoms with Gasteiger partial charge in [0.15, 0.2) is 0 Å². The Balaban J connectivity index is 1.68. The van der Waals surface area contributed by atoms with Crippen LogP contribution in [0.1, 0.15) is 32.1 Å². The summed E-state index contributed by atoms with van der Waals surface area (Å²) >= 11 is 0. The maximum Gasteiger partial charge on any atom is 0.323 e. The Kier molecular flexibility index (Phi) is 3.14. The number of rotatable bonds is 6. The molecule has 5 nitrogen and oxygen atoms in total. The van der Waals surface area contributed by atoms with Crippen molar-refractivity contribution in [2.24, 2.45) is 5.92 Å². The first-order valence-corrected chi connectivity index (χ1v) is 5.87. The lowest BCUT2D eigenvalue weighted by atomic mass is 9.77. The van der Waals surface area contributed by atoms with Gasteiger partial charge in [0.1, 0.15) is 5.54 Å². The molecule has 16 heavy (non-hydrogen) atoms. The summed E-state index contributed by atoms with van der Waals surface area (Å²) in [5.74, 6) is -0.283. The number of carboxylic acids is 1. The van der Waals surface area contributed by atoms with Gasteiger partial charge in [0.05, 0.1) is 6.54 Å². The molecule has 0 aromatic rings. The van der Waals surface area contributed by atoms with E-state index in [2.05, 4.69) is 10.6 Å². The van der Waals surface area contributed by atoms with Gasteiger partial charge < -0.3 is 10.4 Å². The summed E-state index contributed by atoms with van der Waals surface area (Å²) in [6, 6.07) is 0. The summed E-state index contributed by atoms with van der Waals surface area (Å²) in [6.45, 7) is 0.847. The van der Waals surface area contributed by atoms with E-state index in [9.17, 15) is 9.59 Å². The molecule has 0 spiro atoms. The van der Waals surface area contributed by atoms with Crippen LogP contribution < -0.4 is 10.6 Å². The number of hydrogen-bond donors (Lipinski definition) is 3. The Labute approximate surface area is 94.6 Å². The van der Waals surface area contributed by atoms with Crippen LogP contribution in [0.5, 0.6) is 0 Å². The number of carbonyl (C=O) groups excluding carboxylic acids is 1. The molecule has 2 rings (SSSR count). The zero-order valence-electron chi connectivity index (χ0n) is 9.29. The third-order valence-corrected chi connectivity index (χ3v) is 3.49. The van der Waals surface area contributed by atoms with Gasteiger partial charge in [-0.2, -0.15) is 0 Å². The average molecular weight is 226 g/mol. The molecule has 0 aromatic heterocycles. The Bertz CT molecular complexity index is 296. The van der Waals surface area contributed by atoms with Gasteiger partial charge >= 0.3 is 5.97 Å². The predicted molar refractivity (Wildman–Crippen MR) is 58.0 cm³/mol. The molecule has 0 atom stereocenters. The number of carbonyl (C=O) groups is 2. The average Bonchev–Trinajstić information content (AvgIpc) is 2.95. The zero-order chi connectivity index (χ0) is 11.6. The highest BCUT2D eigenvalue weighted by molar-refractivity contribution is 5.83. The highest BCUT2D eigenvalue weighted by Crippen LogP contribution is 2.31. The van der Waals surface area contributed by atoms with Crippen LogP contribution in [0.3, 0.4) is 0 Å². The van der Waals surface area contributed by atoms with Crippen LogP contribution in [0.4, 0.5) is 0 Å². The SMILES string of the molecule is O=C(CNC1(C(=O)O)CCC1)NCC1CC1. The predicted octanol–water partition coefficient (Wildman–Crippen LogP) is 0.109. The Hall–Kier alpha value is -1.10. The Morgan fingerprint density at radius 1 is 1.31 bits per heavy atom. The van der Waals surface area contributed by atoms with Gasteiger partial charge in [0, 0.05) is 6.54 Å². The Morgan fingerprint density at radius 2 is 2.00 bits per heavy atom. The molecule has 5 heteroatoms. The van der Waals surface area contributed by atoms with E-state index in [1.54, 1.807) is 0 Å². The minimum absolute atomic E-state index is 0.0978.